The zero-order valence-corrected chi connectivity index (χ0v) is 15.6. The smallest absolute Gasteiger partial charge is 0.255 e. The molecule has 4 rings (SSSR count). The number of likely N-dealkylation sites (tertiary alicyclic amines) is 2. The fourth-order valence-electron chi connectivity index (χ4n) is 4.34. The predicted octanol–water partition coefficient (Wildman–Crippen LogP) is 3.58. The maximum absolute atomic E-state index is 12.8. The number of aryl methyl sites for hydroxylation is 1. The van der Waals surface area contributed by atoms with Gasteiger partial charge in [0.05, 0.1) is 5.56 Å². The van der Waals surface area contributed by atoms with Crippen molar-refractivity contribution in [2.45, 2.75) is 32.7 Å². The molecule has 2 saturated heterocycles. The van der Waals surface area contributed by atoms with E-state index in [-0.39, 0.29) is 11.3 Å². The van der Waals surface area contributed by atoms with E-state index in [0.29, 0.717) is 5.56 Å². The summed E-state index contributed by atoms with van der Waals surface area (Å²) in [6.45, 7) is 7.24. The quantitative estimate of drug-likeness (QED) is 0.844. The lowest BCUT2D eigenvalue weighted by atomic mass is 9.79. The van der Waals surface area contributed by atoms with Crippen LogP contribution >= 0.6 is 11.3 Å². The van der Waals surface area contributed by atoms with Gasteiger partial charge in [-0.05, 0) is 57.0 Å². The van der Waals surface area contributed by atoms with Gasteiger partial charge in [0.2, 0.25) is 0 Å². The van der Waals surface area contributed by atoms with Crippen LogP contribution in [0.2, 0.25) is 0 Å². The Hall–Kier alpha value is -1.72. The van der Waals surface area contributed by atoms with Crippen LogP contribution in [-0.4, -0.2) is 46.9 Å². The van der Waals surface area contributed by atoms with E-state index in [9.17, 15) is 4.79 Å². The molecule has 0 N–H and O–H groups in total. The Bertz CT molecular complexity index is 744. The summed E-state index contributed by atoms with van der Waals surface area (Å²) in [6.07, 6.45) is 6.95. The normalized spacial score (nSPS) is 24.1. The highest BCUT2D eigenvalue weighted by atomic mass is 32.1. The van der Waals surface area contributed by atoms with Crippen molar-refractivity contribution in [3.8, 4) is 0 Å². The highest BCUT2D eigenvalue weighted by Crippen LogP contribution is 2.40. The molecule has 0 aromatic carbocycles. The lowest BCUT2D eigenvalue weighted by Crippen LogP contribution is -2.47. The van der Waals surface area contributed by atoms with Gasteiger partial charge in [-0.25, -0.2) is 0 Å². The number of pyridine rings is 1. The Labute approximate surface area is 153 Å². The number of piperidine rings is 1. The molecule has 132 valence electrons. The van der Waals surface area contributed by atoms with Crippen molar-refractivity contribution in [1.82, 2.24) is 14.8 Å². The van der Waals surface area contributed by atoms with Crippen LogP contribution in [0.25, 0.3) is 0 Å². The van der Waals surface area contributed by atoms with Crippen molar-refractivity contribution >= 4 is 17.2 Å². The summed E-state index contributed by atoms with van der Waals surface area (Å²) < 4.78 is 0. The van der Waals surface area contributed by atoms with Gasteiger partial charge in [-0.2, -0.15) is 0 Å². The Balaban J connectivity index is 1.41. The second-order valence-electron chi connectivity index (χ2n) is 7.54. The SMILES string of the molecule is Cc1ccc(CN2CC[C@]3(CCCN(C(=O)c4cccnc4)C3)C2)s1. The molecule has 1 spiro atoms. The van der Waals surface area contributed by atoms with Gasteiger partial charge in [-0.1, -0.05) is 0 Å². The first-order valence-corrected chi connectivity index (χ1v) is 9.92. The minimum absolute atomic E-state index is 0.138. The summed E-state index contributed by atoms with van der Waals surface area (Å²) in [6, 6.07) is 8.18. The second kappa shape index (κ2) is 6.89. The van der Waals surface area contributed by atoms with E-state index >= 15 is 0 Å². The van der Waals surface area contributed by atoms with Crippen LogP contribution in [-0.2, 0) is 6.54 Å². The van der Waals surface area contributed by atoms with Crippen LogP contribution in [0.4, 0.5) is 0 Å². The largest absolute Gasteiger partial charge is 0.338 e. The lowest BCUT2D eigenvalue weighted by molar-refractivity contribution is 0.0526. The Morgan fingerprint density at radius 1 is 1.24 bits per heavy atom. The number of hydrogen-bond acceptors (Lipinski definition) is 4. The topological polar surface area (TPSA) is 36.4 Å². The summed E-state index contributed by atoms with van der Waals surface area (Å²) in [5, 5.41) is 0. The number of rotatable bonds is 3. The molecule has 0 aliphatic carbocycles. The van der Waals surface area contributed by atoms with Gasteiger partial charge >= 0.3 is 0 Å². The first kappa shape index (κ1) is 16.7. The molecule has 5 heteroatoms. The molecule has 2 aromatic heterocycles. The molecule has 25 heavy (non-hydrogen) atoms. The number of thiophene rings is 1. The average Bonchev–Trinajstić information content (AvgIpc) is 3.21. The number of carbonyl (C=O) groups is 1. The second-order valence-corrected chi connectivity index (χ2v) is 8.92. The third kappa shape index (κ3) is 3.62. The molecular formula is C20H25N3OS. The third-order valence-electron chi connectivity index (χ3n) is 5.55. The summed E-state index contributed by atoms with van der Waals surface area (Å²) in [5.74, 6) is 0.138. The number of carbonyl (C=O) groups excluding carboxylic acids is 1. The van der Waals surface area contributed by atoms with E-state index < -0.39 is 0 Å². The van der Waals surface area contributed by atoms with Crippen LogP contribution in [0.15, 0.2) is 36.7 Å². The number of aromatic nitrogens is 1. The Kier molecular flexibility index (Phi) is 4.61. The van der Waals surface area contributed by atoms with Crippen molar-refractivity contribution in [3.05, 3.63) is 52.0 Å². The van der Waals surface area contributed by atoms with E-state index in [0.717, 1.165) is 39.1 Å². The lowest BCUT2D eigenvalue weighted by Gasteiger charge is -2.40. The standard InChI is InChI=1S/C20H25N3OS/c1-16-5-6-18(25-16)13-22-11-8-20(14-22)7-3-10-23(15-20)19(24)17-4-2-9-21-12-17/h2,4-6,9,12H,3,7-8,10-11,13-15H2,1H3/t20-/m1/s1. The first-order chi connectivity index (χ1) is 12.1. The van der Waals surface area contributed by atoms with Crippen molar-refractivity contribution in [2.24, 2.45) is 5.41 Å². The fourth-order valence-corrected chi connectivity index (χ4v) is 5.27. The summed E-state index contributed by atoms with van der Waals surface area (Å²) in [5.41, 5.74) is 0.992. The van der Waals surface area contributed by atoms with Gasteiger partial charge < -0.3 is 4.90 Å². The summed E-state index contributed by atoms with van der Waals surface area (Å²) in [7, 11) is 0. The van der Waals surface area contributed by atoms with Crippen LogP contribution in [0.1, 0.15) is 39.4 Å². The molecule has 4 heterocycles. The fraction of sp³-hybridized carbons (Fsp3) is 0.500. The number of nitrogens with zero attached hydrogens (tertiary/aromatic N) is 3. The van der Waals surface area contributed by atoms with Crippen molar-refractivity contribution in [2.75, 3.05) is 26.2 Å². The third-order valence-corrected chi connectivity index (χ3v) is 6.54. The Morgan fingerprint density at radius 3 is 2.92 bits per heavy atom. The molecule has 4 nitrogen and oxygen atoms in total. The molecular weight excluding hydrogens is 330 g/mol. The monoisotopic (exact) mass is 355 g/mol. The molecule has 1 amide bonds. The van der Waals surface area contributed by atoms with Gasteiger partial charge in [0, 0.05) is 53.7 Å². The highest BCUT2D eigenvalue weighted by molar-refractivity contribution is 7.11. The minimum Gasteiger partial charge on any atom is -0.338 e. The first-order valence-electron chi connectivity index (χ1n) is 9.11. The molecule has 0 saturated carbocycles. The van der Waals surface area contributed by atoms with Gasteiger partial charge in [-0.15, -0.1) is 11.3 Å². The van der Waals surface area contributed by atoms with Crippen LogP contribution in [0.3, 0.4) is 0 Å². The van der Waals surface area contributed by atoms with E-state index in [1.54, 1.807) is 12.4 Å². The van der Waals surface area contributed by atoms with E-state index in [1.807, 2.05) is 23.5 Å². The van der Waals surface area contributed by atoms with Gasteiger partial charge in [0.1, 0.15) is 0 Å². The van der Waals surface area contributed by atoms with Crippen molar-refractivity contribution in [1.29, 1.82) is 0 Å². The minimum atomic E-state index is 0.138. The number of amides is 1. The highest BCUT2D eigenvalue weighted by Gasteiger charge is 2.42. The van der Waals surface area contributed by atoms with E-state index in [1.165, 1.54) is 22.6 Å². The predicted molar refractivity (Wildman–Crippen MR) is 101 cm³/mol. The molecule has 0 radical (unpaired) electrons. The van der Waals surface area contributed by atoms with E-state index in [4.69, 9.17) is 0 Å². The number of hydrogen-bond donors (Lipinski definition) is 0. The zero-order chi connectivity index (χ0) is 17.3. The van der Waals surface area contributed by atoms with Crippen molar-refractivity contribution in [3.63, 3.8) is 0 Å². The van der Waals surface area contributed by atoms with E-state index in [2.05, 4.69) is 33.8 Å². The molecule has 1 atom stereocenters. The van der Waals surface area contributed by atoms with Gasteiger partial charge in [0.15, 0.2) is 0 Å². The average molecular weight is 356 g/mol. The zero-order valence-electron chi connectivity index (χ0n) is 14.8. The van der Waals surface area contributed by atoms with Gasteiger partial charge in [0.25, 0.3) is 5.91 Å². The molecule has 2 aromatic rings. The van der Waals surface area contributed by atoms with Crippen molar-refractivity contribution < 1.29 is 4.79 Å². The molecule has 0 unspecified atom stereocenters. The van der Waals surface area contributed by atoms with Crippen LogP contribution < -0.4 is 0 Å². The summed E-state index contributed by atoms with van der Waals surface area (Å²) >= 11 is 1.90. The summed E-state index contributed by atoms with van der Waals surface area (Å²) in [4.78, 5) is 24.3. The maximum atomic E-state index is 12.8. The van der Waals surface area contributed by atoms with Crippen LogP contribution in [0, 0.1) is 12.3 Å². The van der Waals surface area contributed by atoms with Crippen LogP contribution in [0.5, 0.6) is 0 Å². The Morgan fingerprint density at radius 2 is 2.16 bits per heavy atom. The van der Waals surface area contributed by atoms with Gasteiger partial charge in [-0.3, -0.25) is 14.7 Å². The molecule has 0 bridgehead atoms. The molecule has 2 aliphatic heterocycles. The molecule has 2 aliphatic rings. The molecule has 2 fully saturated rings. The maximum Gasteiger partial charge on any atom is 0.255 e.